The van der Waals surface area contributed by atoms with Crippen LogP contribution in [-0.4, -0.2) is 29.8 Å². The van der Waals surface area contributed by atoms with Gasteiger partial charge in [0.05, 0.1) is 7.11 Å². The highest BCUT2D eigenvalue weighted by atomic mass is 16.6. The Morgan fingerprint density at radius 1 is 1.25 bits per heavy atom. The Balaban J connectivity index is 2.70. The van der Waals surface area contributed by atoms with E-state index < -0.39 is 11.6 Å². The predicted octanol–water partition coefficient (Wildman–Crippen LogP) is 2.45. The molecule has 0 saturated carbocycles. The Morgan fingerprint density at radius 3 is 2.45 bits per heavy atom. The molecule has 0 bridgehead atoms. The number of carbonyl (C=O) groups excluding carboxylic acids is 2. The van der Waals surface area contributed by atoms with E-state index in [1.165, 1.54) is 19.2 Å². The first-order valence-electron chi connectivity index (χ1n) is 6.35. The average molecular weight is 280 g/mol. The minimum atomic E-state index is -0.610. The zero-order valence-corrected chi connectivity index (χ0v) is 12.2. The molecule has 0 spiro atoms. The summed E-state index contributed by atoms with van der Waals surface area (Å²) in [6, 6.07) is 4.59. The third-order valence-corrected chi connectivity index (χ3v) is 2.50. The SMILES string of the molecule is COC(=O)c1cc(CCC(=O)OC(C)(C)C)ccc1O. The van der Waals surface area contributed by atoms with Crippen molar-refractivity contribution in [2.24, 2.45) is 0 Å². The molecule has 0 heterocycles. The number of phenolic OH excluding ortho intramolecular Hbond substituents is 1. The van der Waals surface area contributed by atoms with Crippen LogP contribution in [0.1, 0.15) is 43.1 Å². The molecule has 5 nitrogen and oxygen atoms in total. The summed E-state index contributed by atoms with van der Waals surface area (Å²) in [6.45, 7) is 5.42. The summed E-state index contributed by atoms with van der Waals surface area (Å²) in [5.41, 5.74) is 0.340. The van der Waals surface area contributed by atoms with Gasteiger partial charge in [0.2, 0.25) is 0 Å². The molecule has 0 unspecified atom stereocenters. The second kappa shape index (κ2) is 6.41. The Morgan fingerprint density at radius 2 is 1.90 bits per heavy atom. The van der Waals surface area contributed by atoms with Crippen molar-refractivity contribution in [3.63, 3.8) is 0 Å². The van der Waals surface area contributed by atoms with Gasteiger partial charge in [-0.3, -0.25) is 4.79 Å². The van der Waals surface area contributed by atoms with Crippen molar-refractivity contribution in [1.29, 1.82) is 0 Å². The standard InChI is InChI=1S/C15H20O5/c1-15(2,3)20-13(17)8-6-10-5-7-12(16)11(9-10)14(18)19-4/h5,7,9,16H,6,8H2,1-4H3. The number of rotatable bonds is 4. The van der Waals surface area contributed by atoms with Crippen LogP contribution in [0, 0.1) is 0 Å². The maximum Gasteiger partial charge on any atom is 0.341 e. The van der Waals surface area contributed by atoms with Crippen molar-refractivity contribution in [1.82, 2.24) is 0 Å². The average Bonchev–Trinajstić information content (AvgIpc) is 2.35. The molecule has 0 amide bonds. The highest BCUT2D eigenvalue weighted by molar-refractivity contribution is 5.92. The van der Waals surface area contributed by atoms with E-state index in [0.29, 0.717) is 6.42 Å². The molecule has 0 fully saturated rings. The lowest BCUT2D eigenvalue weighted by Gasteiger charge is -2.19. The van der Waals surface area contributed by atoms with E-state index in [4.69, 9.17) is 4.74 Å². The van der Waals surface area contributed by atoms with Crippen LogP contribution in [0.4, 0.5) is 0 Å². The van der Waals surface area contributed by atoms with Gasteiger partial charge >= 0.3 is 11.9 Å². The van der Waals surface area contributed by atoms with Crippen molar-refractivity contribution in [3.05, 3.63) is 29.3 Å². The summed E-state index contributed by atoms with van der Waals surface area (Å²) in [5.74, 6) is -1.05. The smallest absolute Gasteiger partial charge is 0.341 e. The van der Waals surface area contributed by atoms with Crippen LogP contribution in [0.25, 0.3) is 0 Å². The van der Waals surface area contributed by atoms with E-state index in [-0.39, 0.29) is 23.7 Å². The topological polar surface area (TPSA) is 72.8 Å². The lowest BCUT2D eigenvalue weighted by Crippen LogP contribution is -2.24. The number of ether oxygens (including phenoxy) is 2. The molecule has 20 heavy (non-hydrogen) atoms. The van der Waals surface area contributed by atoms with Crippen molar-refractivity contribution >= 4 is 11.9 Å². The molecule has 0 aliphatic rings. The van der Waals surface area contributed by atoms with E-state index in [1.807, 2.05) is 0 Å². The highest BCUT2D eigenvalue weighted by Gasteiger charge is 2.17. The number of hydrogen-bond donors (Lipinski definition) is 1. The molecular formula is C15H20O5. The molecule has 0 aromatic heterocycles. The zero-order valence-electron chi connectivity index (χ0n) is 12.2. The van der Waals surface area contributed by atoms with E-state index in [1.54, 1.807) is 26.8 Å². The van der Waals surface area contributed by atoms with Gasteiger partial charge in [-0.05, 0) is 44.9 Å². The van der Waals surface area contributed by atoms with Gasteiger partial charge in [0.25, 0.3) is 0 Å². The molecule has 110 valence electrons. The molecule has 1 N–H and O–H groups in total. The van der Waals surface area contributed by atoms with E-state index >= 15 is 0 Å². The molecule has 5 heteroatoms. The third-order valence-electron chi connectivity index (χ3n) is 2.50. The summed E-state index contributed by atoms with van der Waals surface area (Å²) in [6.07, 6.45) is 0.641. The number of aromatic hydroxyl groups is 1. The lowest BCUT2D eigenvalue weighted by atomic mass is 10.1. The first-order valence-corrected chi connectivity index (χ1v) is 6.35. The van der Waals surface area contributed by atoms with Gasteiger partial charge in [0, 0.05) is 6.42 Å². The van der Waals surface area contributed by atoms with Crippen LogP contribution in [0.15, 0.2) is 18.2 Å². The number of benzene rings is 1. The van der Waals surface area contributed by atoms with Gasteiger partial charge in [-0.1, -0.05) is 6.07 Å². The van der Waals surface area contributed by atoms with Gasteiger partial charge in [-0.2, -0.15) is 0 Å². The van der Waals surface area contributed by atoms with Crippen LogP contribution < -0.4 is 0 Å². The van der Waals surface area contributed by atoms with Gasteiger partial charge < -0.3 is 14.6 Å². The molecular weight excluding hydrogens is 260 g/mol. The quantitative estimate of drug-likeness (QED) is 0.858. The minimum absolute atomic E-state index is 0.0918. The summed E-state index contributed by atoms with van der Waals surface area (Å²) < 4.78 is 9.78. The Kier molecular flexibility index (Phi) is 5.13. The van der Waals surface area contributed by atoms with Gasteiger partial charge in [-0.25, -0.2) is 4.79 Å². The lowest BCUT2D eigenvalue weighted by molar-refractivity contribution is -0.154. The summed E-state index contributed by atoms with van der Waals surface area (Å²) in [4.78, 5) is 23.0. The number of esters is 2. The second-order valence-electron chi connectivity index (χ2n) is 5.43. The van der Waals surface area contributed by atoms with E-state index in [2.05, 4.69) is 4.74 Å². The fraction of sp³-hybridized carbons (Fsp3) is 0.467. The van der Waals surface area contributed by atoms with E-state index in [9.17, 15) is 14.7 Å². The van der Waals surface area contributed by atoms with Gasteiger partial charge in [-0.15, -0.1) is 0 Å². The second-order valence-corrected chi connectivity index (χ2v) is 5.43. The highest BCUT2D eigenvalue weighted by Crippen LogP contribution is 2.20. The molecule has 0 aliphatic heterocycles. The van der Waals surface area contributed by atoms with Crippen LogP contribution in [0.5, 0.6) is 5.75 Å². The molecule has 0 saturated heterocycles. The van der Waals surface area contributed by atoms with Gasteiger partial charge in [0.1, 0.15) is 16.9 Å². The van der Waals surface area contributed by atoms with Crippen molar-refractivity contribution in [2.75, 3.05) is 7.11 Å². The third kappa shape index (κ3) is 4.91. The number of aryl methyl sites for hydroxylation is 1. The Bertz CT molecular complexity index is 499. The number of phenols is 1. The first-order chi connectivity index (χ1) is 9.23. The largest absolute Gasteiger partial charge is 0.507 e. The van der Waals surface area contributed by atoms with Gasteiger partial charge in [0.15, 0.2) is 0 Å². The van der Waals surface area contributed by atoms with Crippen LogP contribution in [0.2, 0.25) is 0 Å². The molecule has 0 atom stereocenters. The summed E-state index contributed by atoms with van der Waals surface area (Å²) >= 11 is 0. The van der Waals surface area contributed by atoms with Crippen molar-refractivity contribution in [2.45, 2.75) is 39.2 Å². The number of methoxy groups -OCH3 is 1. The maximum absolute atomic E-state index is 11.6. The molecule has 1 aromatic carbocycles. The monoisotopic (exact) mass is 280 g/mol. The summed E-state index contributed by atoms with van der Waals surface area (Å²) in [5, 5.41) is 9.57. The maximum atomic E-state index is 11.6. The fourth-order valence-corrected chi connectivity index (χ4v) is 1.65. The van der Waals surface area contributed by atoms with Crippen LogP contribution in [0.3, 0.4) is 0 Å². The molecule has 1 rings (SSSR count). The first kappa shape index (κ1) is 16.0. The predicted molar refractivity (Wildman–Crippen MR) is 73.6 cm³/mol. The van der Waals surface area contributed by atoms with Crippen molar-refractivity contribution < 1.29 is 24.2 Å². The number of hydrogen-bond acceptors (Lipinski definition) is 5. The van der Waals surface area contributed by atoms with Crippen LogP contribution in [-0.2, 0) is 20.7 Å². The Hall–Kier alpha value is -2.04. The van der Waals surface area contributed by atoms with Crippen LogP contribution >= 0.6 is 0 Å². The minimum Gasteiger partial charge on any atom is -0.507 e. The zero-order chi connectivity index (χ0) is 15.3. The molecule has 0 aliphatic carbocycles. The molecule has 0 radical (unpaired) electrons. The van der Waals surface area contributed by atoms with E-state index in [0.717, 1.165) is 5.56 Å². The van der Waals surface area contributed by atoms with Crippen molar-refractivity contribution in [3.8, 4) is 5.75 Å². The Labute approximate surface area is 118 Å². The number of carbonyl (C=O) groups is 2. The summed E-state index contributed by atoms with van der Waals surface area (Å²) in [7, 11) is 1.25. The molecule has 1 aromatic rings. The normalized spacial score (nSPS) is 11.0. The fourth-order valence-electron chi connectivity index (χ4n) is 1.65.